The Bertz CT molecular complexity index is 808. The second kappa shape index (κ2) is 10.9. The lowest BCUT2D eigenvalue weighted by Gasteiger charge is -2.32. The van der Waals surface area contributed by atoms with Gasteiger partial charge in [0.2, 0.25) is 0 Å². The van der Waals surface area contributed by atoms with Crippen LogP contribution in [0.4, 0.5) is 5.69 Å². The third-order valence-electron chi connectivity index (χ3n) is 5.53. The number of likely N-dealkylation sites (tertiary alicyclic amines) is 1. The summed E-state index contributed by atoms with van der Waals surface area (Å²) in [6.45, 7) is 3.25. The minimum Gasteiger partial charge on any atom is -0.342 e. The molecule has 1 amide bonds. The average Bonchev–Trinajstić information content (AvgIpc) is 2.73. The number of nitrogens with zero attached hydrogens (tertiary/aromatic N) is 3. The molecule has 0 atom stereocenters. The molecular formula is C22H28ClN3O3. The lowest BCUT2D eigenvalue weighted by molar-refractivity contribution is -0.385. The van der Waals surface area contributed by atoms with E-state index < -0.39 is 0 Å². The van der Waals surface area contributed by atoms with Crippen LogP contribution in [0.2, 0.25) is 0 Å². The van der Waals surface area contributed by atoms with E-state index in [2.05, 4.69) is 4.90 Å². The van der Waals surface area contributed by atoms with Crippen LogP contribution in [0.25, 0.3) is 0 Å². The molecular weight excluding hydrogens is 390 g/mol. The van der Waals surface area contributed by atoms with E-state index in [0.717, 1.165) is 50.0 Å². The average molecular weight is 418 g/mol. The normalized spacial score (nSPS) is 14.8. The number of para-hydroxylation sites is 1. The molecule has 0 saturated carbocycles. The van der Waals surface area contributed by atoms with Crippen LogP contribution in [0.5, 0.6) is 0 Å². The highest BCUT2D eigenvalue weighted by Crippen LogP contribution is 2.25. The first kappa shape index (κ1) is 22.8. The Balaban J connectivity index is 0.00000300. The summed E-state index contributed by atoms with van der Waals surface area (Å²) in [4.78, 5) is 27.4. The van der Waals surface area contributed by atoms with Gasteiger partial charge in [0, 0.05) is 37.3 Å². The minimum atomic E-state index is -0.304. The van der Waals surface area contributed by atoms with E-state index in [-0.39, 0.29) is 28.9 Å². The van der Waals surface area contributed by atoms with E-state index >= 15 is 0 Å². The van der Waals surface area contributed by atoms with E-state index in [0.29, 0.717) is 12.5 Å². The van der Waals surface area contributed by atoms with Gasteiger partial charge in [-0.3, -0.25) is 19.8 Å². The van der Waals surface area contributed by atoms with E-state index in [1.807, 2.05) is 49.5 Å². The highest BCUT2D eigenvalue weighted by Gasteiger charge is 2.22. The number of carbonyl (C=O) groups is 1. The molecule has 1 aliphatic heterocycles. The summed E-state index contributed by atoms with van der Waals surface area (Å²) in [6, 6.07) is 16.3. The third kappa shape index (κ3) is 6.27. The van der Waals surface area contributed by atoms with Crippen LogP contribution in [0, 0.1) is 16.0 Å². The monoisotopic (exact) mass is 417 g/mol. The van der Waals surface area contributed by atoms with Gasteiger partial charge in [-0.25, -0.2) is 0 Å². The Morgan fingerprint density at radius 2 is 1.72 bits per heavy atom. The molecule has 1 aliphatic rings. The smallest absolute Gasteiger partial charge is 0.273 e. The molecule has 0 radical (unpaired) electrons. The first-order chi connectivity index (χ1) is 13.5. The summed E-state index contributed by atoms with van der Waals surface area (Å²) in [5, 5.41) is 11.2. The first-order valence-corrected chi connectivity index (χ1v) is 9.79. The van der Waals surface area contributed by atoms with Crippen molar-refractivity contribution in [2.24, 2.45) is 5.92 Å². The maximum Gasteiger partial charge on any atom is 0.273 e. The lowest BCUT2D eigenvalue weighted by Crippen LogP contribution is -2.35. The fourth-order valence-corrected chi connectivity index (χ4v) is 3.78. The molecule has 3 rings (SSSR count). The maximum absolute atomic E-state index is 12.4. The largest absolute Gasteiger partial charge is 0.342 e. The molecule has 2 aromatic rings. The number of piperidine rings is 1. The van der Waals surface area contributed by atoms with Crippen molar-refractivity contribution in [2.45, 2.75) is 25.8 Å². The number of carbonyl (C=O) groups excluding carboxylic acids is 1. The topological polar surface area (TPSA) is 66.7 Å². The number of nitro groups is 1. The molecule has 2 aromatic carbocycles. The van der Waals surface area contributed by atoms with Crippen molar-refractivity contribution in [3.05, 3.63) is 75.8 Å². The maximum atomic E-state index is 12.4. The Hall–Kier alpha value is -2.44. The van der Waals surface area contributed by atoms with Crippen molar-refractivity contribution in [2.75, 3.05) is 26.7 Å². The number of rotatable bonds is 7. The van der Waals surface area contributed by atoms with Crippen LogP contribution in [0.3, 0.4) is 0 Å². The van der Waals surface area contributed by atoms with Gasteiger partial charge in [0.05, 0.1) is 4.92 Å². The Labute approximate surface area is 178 Å². The second-order valence-electron chi connectivity index (χ2n) is 7.49. The van der Waals surface area contributed by atoms with Crippen molar-refractivity contribution >= 4 is 24.0 Å². The highest BCUT2D eigenvalue weighted by molar-refractivity contribution is 5.93. The van der Waals surface area contributed by atoms with Crippen LogP contribution in [0.1, 0.15) is 35.2 Å². The molecule has 1 heterocycles. The van der Waals surface area contributed by atoms with Crippen molar-refractivity contribution in [1.82, 2.24) is 9.80 Å². The highest BCUT2D eigenvalue weighted by atomic mass is 35.5. The Morgan fingerprint density at radius 3 is 2.38 bits per heavy atom. The first-order valence-electron chi connectivity index (χ1n) is 9.79. The molecule has 0 aliphatic carbocycles. The zero-order valence-corrected chi connectivity index (χ0v) is 17.5. The zero-order valence-electron chi connectivity index (χ0n) is 16.7. The minimum absolute atomic E-state index is 0. The Kier molecular flexibility index (Phi) is 8.61. The van der Waals surface area contributed by atoms with E-state index in [9.17, 15) is 14.9 Å². The third-order valence-corrected chi connectivity index (χ3v) is 5.53. The predicted octanol–water partition coefficient (Wildman–Crippen LogP) is 4.39. The van der Waals surface area contributed by atoms with Gasteiger partial charge in [-0.15, -0.1) is 12.4 Å². The summed E-state index contributed by atoms with van der Waals surface area (Å²) in [6.07, 6.45) is 3.12. The van der Waals surface area contributed by atoms with Gasteiger partial charge >= 0.3 is 0 Å². The standard InChI is InChI=1S/C22H27N3O3.ClH/c1-23(22(26)19-7-3-2-4-8-19)14-11-18-12-15-24(16-13-18)17-20-9-5-6-10-21(20)25(27)28;/h2-10,18H,11-17H2,1H3;1H. The van der Waals surface area contributed by atoms with E-state index in [4.69, 9.17) is 0 Å². The quantitative estimate of drug-likeness (QED) is 0.495. The summed E-state index contributed by atoms with van der Waals surface area (Å²) in [5.74, 6) is 0.655. The number of nitro benzene ring substituents is 1. The fourth-order valence-electron chi connectivity index (χ4n) is 3.78. The van der Waals surface area contributed by atoms with Crippen molar-refractivity contribution in [1.29, 1.82) is 0 Å². The molecule has 0 bridgehead atoms. The number of benzene rings is 2. The van der Waals surface area contributed by atoms with Gasteiger partial charge in [-0.05, 0) is 50.4 Å². The zero-order chi connectivity index (χ0) is 19.9. The molecule has 0 unspecified atom stereocenters. The van der Waals surface area contributed by atoms with Crippen molar-refractivity contribution in [3.63, 3.8) is 0 Å². The number of amides is 1. The molecule has 1 fully saturated rings. The van der Waals surface area contributed by atoms with Crippen molar-refractivity contribution < 1.29 is 9.72 Å². The van der Waals surface area contributed by atoms with Crippen LogP contribution in [0.15, 0.2) is 54.6 Å². The lowest BCUT2D eigenvalue weighted by atomic mass is 9.93. The number of hydrogen-bond acceptors (Lipinski definition) is 4. The van der Waals surface area contributed by atoms with Gasteiger partial charge in [-0.2, -0.15) is 0 Å². The molecule has 6 nitrogen and oxygen atoms in total. The second-order valence-corrected chi connectivity index (χ2v) is 7.49. The summed E-state index contributed by atoms with van der Waals surface area (Å²) < 4.78 is 0. The van der Waals surface area contributed by atoms with E-state index in [1.165, 1.54) is 0 Å². The molecule has 0 aromatic heterocycles. The molecule has 0 N–H and O–H groups in total. The van der Waals surface area contributed by atoms with Gasteiger partial charge in [0.1, 0.15) is 0 Å². The van der Waals surface area contributed by atoms with Crippen LogP contribution < -0.4 is 0 Å². The predicted molar refractivity (Wildman–Crippen MR) is 116 cm³/mol. The van der Waals surface area contributed by atoms with Gasteiger partial charge in [0.25, 0.3) is 11.6 Å². The summed E-state index contributed by atoms with van der Waals surface area (Å²) in [5.41, 5.74) is 1.70. The van der Waals surface area contributed by atoms with Gasteiger partial charge in [-0.1, -0.05) is 36.4 Å². The van der Waals surface area contributed by atoms with Crippen LogP contribution in [-0.4, -0.2) is 47.3 Å². The molecule has 7 heteroatoms. The molecule has 29 heavy (non-hydrogen) atoms. The van der Waals surface area contributed by atoms with Crippen LogP contribution in [-0.2, 0) is 6.54 Å². The van der Waals surface area contributed by atoms with Gasteiger partial charge < -0.3 is 4.90 Å². The number of halogens is 1. The fraction of sp³-hybridized carbons (Fsp3) is 0.409. The molecule has 156 valence electrons. The van der Waals surface area contributed by atoms with Crippen molar-refractivity contribution in [3.8, 4) is 0 Å². The summed E-state index contributed by atoms with van der Waals surface area (Å²) in [7, 11) is 1.86. The molecule has 1 saturated heterocycles. The Morgan fingerprint density at radius 1 is 1.10 bits per heavy atom. The summed E-state index contributed by atoms with van der Waals surface area (Å²) >= 11 is 0. The van der Waals surface area contributed by atoms with Crippen LogP contribution >= 0.6 is 12.4 Å². The van der Waals surface area contributed by atoms with E-state index in [1.54, 1.807) is 17.0 Å². The SMILES string of the molecule is CN(CCC1CCN(Cc2ccccc2[N+](=O)[O-])CC1)C(=O)c1ccccc1.Cl. The molecule has 0 spiro atoms. The number of hydrogen-bond donors (Lipinski definition) is 0. The van der Waals surface area contributed by atoms with Gasteiger partial charge in [0.15, 0.2) is 0 Å².